The van der Waals surface area contributed by atoms with Gasteiger partial charge in [0.05, 0.1) is 51.3 Å². The second-order valence-electron chi connectivity index (χ2n) is 16.0. The third-order valence-corrected chi connectivity index (χ3v) is 12.8. The number of rotatable bonds is 6. The molecular weight excluding hydrogens is 757 g/mol. The largest absolute Gasteiger partial charge is 0.311 e. The van der Waals surface area contributed by atoms with Crippen molar-refractivity contribution in [1.29, 1.82) is 5.26 Å². The zero-order valence-corrected chi connectivity index (χ0v) is 33.2. The van der Waals surface area contributed by atoms with Crippen LogP contribution in [0, 0.1) is 17.9 Å². The number of benzene rings is 9. The van der Waals surface area contributed by atoms with Crippen molar-refractivity contribution in [1.82, 2.24) is 8.80 Å². The van der Waals surface area contributed by atoms with Crippen molar-refractivity contribution in [3.05, 3.63) is 211 Å². The summed E-state index contributed by atoms with van der Waals surface area (Å²) in [4.78, 5) is 8.18. The molecule has 0 atom stereocenters. The summed E-state index contributed by atoms with van der Waals surface area (Å²) in [5.74, 6) is 0. The molecule has 62 heavy (non-hydrogen) atoms. The Labute approximate surface area is 355 Å². The molecule has 6 nitrogen and oxygen atoms in total. The molecule has 286 valence electrons. The topological polar surface area (TPSA) is 43.5 Å². The third-order valence-electron chi connectivity index (χ3n) is 12.8. The van der Waals surface area contributed by atoms with Crippen LogP contribution in [0.1, 0.15) is 5.56 Å². The lowest BCUT2D eigenvalue weighted by Gasteiger charge is -2.25. The Morgan fingerprint density at radius 3 is 1.19 bits per heavy atom. The first kappa shape index (κ1) is 34.1. The maximum atomic E-state index is 9.56. The lowest BCUT2D eigenvalue weighted by Crippen LogP contribution is -2.09. The minimum Gasteiger partial charge on any atom is -0.311 e. The second kappa shape index (κ2) is 12.8. The molecule has 0 aliphatic carbocycles. The number of aromatic nitrogens is 2. The van der Waals surface area contributed by atoms with Gasteiger partial charge in [0.15, 0.2) is 5.69 Å². The summed E-state index contributed by atoms with van der Waals surface area (Å²) in [6, 6.07) is 70.6. The van der Waals surface area contributed by atoms with E-state index in [1.54, 1.807) is 0 Å². The fraction of sp³-hybridized carbons (Fsp3) is 0. The first-order valence-corrected chi connectivity index (χ1v) is 20.7. The van der Waals surface area contributed by atoms with Gasteiger partial charge in [-0.05, 0) is 97.1 Å². The summed E-state index contributed by atoms with van der Waals surface area (Å²) >= 11 is 0. The van der Waals surface area contributed by atoms with Crippen LogP contribution in [-0.4, -0.2) is 8.80 Å². The number of nitriles is 1. The van der Waals surface area contributed by atoms with Gasteiger partial charge in [-0.2, -0.15) is 5.26 Å². The molecule has 0 unspecified atom stereocenters. The van der Waals surface area contributed by atoms with Crippen LogP contribution >= 0.6 is 0 Å². The quantitative estimate of drug-likeness (QED) is 0.158. The molecule has 6 heteroatoms. The van der Waals surface area contributed by atoms with Crippen molar-refractivity contribution < 1.29 is 0 Å². The van der Waals surface area contributed by atoms with Crippen LogP contribution in [0.5, 0.6) is 0 Å². The molecule has 0 spiro atoms. The highest BCUT2D eigenvalue weighted by Gasteiger charge is 2.24. The zero-order chi connectivity index (χ0) is 41.1. The van der Waals surface area contributed by atoms with Gasteiger partial charge in [-0.3, -0.25) is 0 Å². The van der Waals surface area contributed by atoms with Gasteiger partial charge in [0, 0.05) is 77.2 Å². The van der Waals surface area contributed by atoms with Crippen LogP contribution in [0.15, 0.2) is 194 Å². The van der Waals surface area contributed by atoms with Crippen molar-refractivity contribution in [2.75, 3.05) is 9.80 Å². The van der Waals surface area contributed by atoms with Crippen LogP contribution in [0.3, 0.4) is 0 Å². The van der Waals surface area contributed by atoms with Crippen LogP contribution in [0.4, 0.5) is 39.8 Å². The number of hydrogen-bond donors (Lipinski definition) is 0. The van der Waals surface area contributed by atoms with E-state index in [4.69, 9.17) is 6.57 Å². The highest BCUT2D eigenvalue weighted by Crippen LogP contribution is 2.47. The van der Waals surface area contributed by atoms with E-state index in [1.807, 2.05) is 60.7 Å². The average molecular weight is 789 g/mol. The van der Waals surface area contributed by atoms with Crippen molar-refractivity contribution in [2.45, 2.75) is 0 Å². The van der Waals surface area contributed by atoms with E-state index in [0.717, 1.165) is 45.2 Å². The fourth-order valence-corrected chi connectivity index (χ4v) is 10.1. The molecule has 0 aliphatic rings. The van der Waals surface area contributed by atoms with Crippen LogP contribution < -0.4 is 9.80 Å². The van der Waals surface area contributed by atoms with Gasteiger partial charge in [0.25, 0.3) is 0 Å². The molecule has 4 heterocycles. The number of anilines is 6. The summed E-state index contributed by atoms with van der Waals surface area (Å²) in [7, 11) is 0. The van der Waals surface area contributed by atoms with Crippen LogP contribution in [0.2, 0.25) is 0 Å². The molecule has 0 N–H and O–H groups in total. The Kier molecular flexibility index (Phi) is 7.05. The molecule has 13 rings (SSSR count). The summed E-state index contributed by atoms with van der Waals surface area (Å²) < 4.78 is 4.95. The van der Waals surface area contributed by atoms with Gasteiger partial charge < -0.3 is 18.6 Å². The van der Waals surface area contributed by atoms with E-state index in [2.05, 4.69) is 163 Å². The standard InChI is InChI=1S/C56H32N6/c1-58-36-20-24-40(25-21-36)60(38-12-6-3-7-13-38)42-27-29-44-46-15-9-17-48-50-32-53-49(33-54(50)62(56(46)48)52(44)31-42)47-16-8-14-45-43-28-26-41(30-51(43)61(53)55(45)47)59(37-10-4-2-5-11-37)39-22-18-35(34-57)19-23-39/h2-33H. The first-order chi connectivity index (χ1) is 30.7. The molecule has 0 aliphatic heterocycles. The normalized spacial score (nSPS) is 11.8. The van der Waals surface area contributed by atoms with Crippen LogP contribution in [0.25, 0.3) is 81.0 Å². The molecule has 0 bridgehead atoms. The third kappa shape index (κ3) is 4.72. The Hall–Kier alpha value is -8.84. The molecule has 0 fully saturated rings. The van der Waals surface area contributed by atoms with Crippen molar-refractivity contribution in [3.8, 4) is 6.07 Å². The molecule has 13 aromatic rings. The summed E-state index contributed by atoms with van der Waals surface area (Å²) in [5, 5.41) is 19.3. The molecule has 4 aromatic heterocycles. The van der Waals surface area contributed by atoms with E-state index in [0.29, 0.717) is 11.3 Å². The lowest BCUT2D eigenvalue weighted by atomic mass is 10.0. The summed E-state index contributed by atoms with van der Waals surface area (Å²) in [6.45, 7) is 7.54. The average Bonchev–Trinajstić information content (AvgIpc) is 4.05. The molecule has 0 radical (unpaired) electrons. The van der Waals surface area contributed by atoms with Gasteiger partial charge in [-0.25, -0.2) is 4.85 Å². The number of nitrogens with zero attached hydrogens (tertiary/aromatic N) is 6. The molecule has 9 aromatic carbocycles. The van der Waals surface area contributed by atoms with E-state index in [-0.39, 0.29) is 0 Å². The number of hydrogen-bond acceptors (Lipinski definition) is 3. The van der Waals surface area contributed by atoms with Gasteiger partial charge >= 0.3 is 0 Å². The summed E-state index contributed by atoms with van der Waals surface area (Å²) in [6.07, 6.45) is 0. The minimum absolute atomic E-state index is 0.619. The molecular formula is C56H32N6. The predicted molar refractivity (Wildman–Crippen MR) is 256 cm³/mol. The Balaban J connectivity index is 1.06. The van der Waals surface area contributed by atoms with E-state index in [1.165, 1.54) is 65.2 Å². The molecule has 0 amide bonds. The van der Waals surface area contributed by atoms with Gasteiger partial charge in [-0.15, -0.1) is 0 Å². The molecule has 0 saturated carbocycles. The Morgan fingerprint density at radius 2 is 0.758 bits per heavy atom. The number of fused-ring (bicyclic) bond motifs is 12. The minimum atomic E-state index is 0.619. The first-order valence-electron chi connectivity index (χ1n) is 20.7. The zero-order valence-electron chi connectivity index (χ0n) is 33.2. The van der Waals surface area contributed by atoms with Crippen molar-refractivity contribution in [2.24, 2.45) is 0 Å². The lowest BCUT2D eigenvalue weighted by molar-refractivity contribution is 1.28. The van der Waals surface area contributed by atoms with E-state index in [9.17, 15) is 5.26 Å². The maximum Gasteiger partial charge on any atom is 0.187 e. The van der Waals surface area contributed by atoms with Crippen molar-refractivity contribution >= 4 is 116 Å². The van der Waals surface area contributed by atoms with Gasteiger partial charge in [0.2, 0.25) is 0 Å². The highest BCUT2D eigenvalue weighted by atomic mass is 15.1. The highest BCUT2D eigenvalue weighted by molar-refractivity contribution is 6.29. The van der Waals surface area contributed by atoms with E-state index >= 15 is 0 Å². The summed E-state index contributed by atoms with van der Waals surface area (Å²) in [5.41, 5.74) is 14.5. The molecule has 0 saturated heterocycles. The van der Waals surface area contributed by atoms with Crippen LogP contribution in [-0.2, 0) is 0 Å². The number of para-hydroxylation sites is 4. The smallest absolute Gasteiger partial charge is 0.187 e. The maximum absolute atomic E-state index is 9.56. The second-order valence-corrected chi connectivity index (χ2v) is 16.0. The Morgan fingerprint density at radius 1 is 0.371 bits per heavy atom. The van der Waals surface area contributed by atoms with E-state index < -0.39 is 0 Å². The monoisotopic (exact) mass is 788 g/mol. The van der Waals surface area contributed by atoms with Gasteiger partial charge in [-0.1, -0.05) is 97.1 Å². The Bertz CT molecular complexity index is 3720. The SMILES string of the molecule is [C-]#[N+]c1ccc(N(c2ccccc2)c2ccc3c4cccc5c6cc7c(cc6n(c3c2)c45)c2cccc3c4ccc(N(c5ccccc5)c5ccc(C#N)cc5)cc4n7c32)cc1. The van der Waals surface area contributed by atoms with Gasteiger partial charge in [0.1, 0.15) is 0 Å². The fourth-order valence-electron chi connectivity index (χ4n) is 10.1. The van der Waals surface area contributed by atoms with Crippen molar-refractivity contribution in [3.63, 3.8) is 0 Å². The predicted octanol–water partition coefficient (Wildman–Crippen LogP) is 15.3.